The van der Waals surface area contributed by atoms with E-state index in [4.69, 9.17) is 9.57 Å². The molecule has 0 bridgehead atoms. The number of benzene rings is 1. The van der Waals surface area contributed by atoms with Crippen LogP contribution in [0, 0.1) is 0 Å². The lowest BCUT2D eigenvalue weighted by molar-refractivity contribution is 0.00200. The predicted molar refractivity (Wildman–Crippen MR) is 84.7 cm³/mol. The summed E-state index contributed by atoms with van der Waals surface area (Å²) < 4.78 is 5.28. The molecular formula is C16H19NO2S. The van der Waals surface area contributed by atoms with Gasteiger partial charge in [0.05, 0.1) is 13.3 Å². The van der Waals surface area contributed by atoms with Crippen LogP contribution in [-0.4, -0.2) is 18.9 Å². The monoisotopic (exact) mass is 289 g/mol. The maximum absolute atomic E-state index is 5.41. The molecule has 0 unspecified atom stereocenters. The highest BCUT2D eigenvalue weighted by Gasteiger charge is 2.10. The first kappa shape index (κ1) is 14.6. The molecule has 3 nitrogen and oxygen atoms in total. The van der Waals surface area contributed by atoms with E-state index < -0.39 is 0 Å². The van der Waals surface area contributed by atoms with Gasteiger partial charge in [0, 0.05) is 16.0 Å². The molecule has 0 amide bonds. The maximum atomic E-state index is 5.41. The highest BCUT2D eigenvalue weighted by atomic mass is 32.1. The van der Waals surface area contributed by atoms with Gasteiger partial charge in [-0.05, 0) is 50.4 Å². The molecule has 0 atom stereocenters. The third kappa shape index (κ3) is 3.84. The van der Waals surface area contributed by atoms with Crippen molar-refractivity contribution in [2.24, 2.45) is 5.16 Å². The van der Waals surface area contributed by atoms with E-state index in [1.165, 1.54) is 4.88 Å². The van der Waals surface area contributed by atoms with Crippen LogP contribution in [0.25, 0.3) is 10.4 Å². The van der Waals surface area contributed by atoms with Gasteiger partial charge in [-0.15, -0.1) is 11.3 Å². The van der Waals surface area contributed by atoms with Crippen molar-refractivity contribution in [2.45, 2.75) is 26.4 Å². The highest BCUT2D eigenvalue weighted by Crippen LogP contribution is 2.30. The number of rotatable bonds is 4. The molecule has 1 aromatic heterocycles. The summed E-state index contributed by atoms with van der Waals surface area (Å²) in [6, 6.07) is 10.1. The van der Waals surface area contributed by atoms with Crippen LogP contribution in [0.2, 0.25) is 0 Å². The summed E-state index contributed by atoms with van der Waals surface area (Å²) in [5, 5.41) is 6.14. The first-order chi connectivity index (χ1) is 9.49. The van der Waals surface area contributed by atoms with E-state index in [1.807, 2.05) is 45.0 Å². The van der Waals surface area contributed by atoms with Crippen molar-refractivity contribution in [3.05, 3.63) is 41.3 Å². The third-order valence-electron chi connectivity index (χ3n) is 2.56. The SMILES string of the molecule is COc1ccc(-c2cccs2)c(/C=N/OC(C)(C)C)c1. The van der Waals surface area contributed by atoms with Gasteiger partial charge in [-0.3, -0.25) is 0 Å². The third-order valence-corrected chi connectivity index (χ3v) is 3.47. The van der Waals surface area contributed by atoms with Crippen molar-refractivity contribution in [3.63, 3.8) is 0 Å². The van der Waals surface area contributed by atoms with Crippen molar-refractivity contribution in [1.82, 2.24) is 0 Å². The Balaban J connectivity index is 2.33. The number of hydrogen-bond acceptors (Lipinski definition) is 4. The zero-order valence-electron chi connectivity index (χ0n) is 12.2. The van der Waals surface area contributed by atoms with E-state index in [-0.39, 0.29) is 5.60 Å². The fraction of sp³-hybridized carbons (Fsp3) is 0.312. The molecule has 1 heterocycles. The molecule has 106 valence electrons. The van der Waals surface area contributed by atoms with E-state index in [0.717, 1.165) is 16.9 Å². The van der Waals surface area contributed by atoms with Crippen molar-refractivity contribution in [2.75, 3.05) is 7.11 Å². The van der Waals surface area contributed by atoms with Gasteiger partial charge in [-0.25, -0.2) is 0 Å². The molecule has 2 aromatic rings. The standard InChI is InChI=1S/C16H19NO2S/c1-16(2,3)19-17-11-12-10-13(18-4)7-8-14(12)15-6-5-9-20-15/h5-11H,1-4H3/b17-11+. The summed E-state index contributed by atoms with van der Waals surface area (Å²) in [6.45, 7) is 5.91. The number of hydrogen-bond donors (Lipinski definition) is 0. The van der Waals surface area contributed by atoms with Gasteiger partial charge >= 0.3 is 0 Å². The summed E-state index contributed by atoms with van der Waals surface area (Å²) in [7, 11) is 1.66. The molecule has 0 N–H and O–H groups in total. The Hall–Kier alpha value is -1.81. The van der Waals surface area contributed by atoms with Crippen LogP contribution < -0.4 is 4.74 Å². The zero-order valence-corrected chi connectivity index (χ0v) is 13.0. The van der Waals surface area contributed by atoms with Crippen LogP contribution in [0.1, 0.15) is 26.3 Å². The Kier molecular flexibility index (Phi) is 4.45. The van der Waals surface area contributed by atoms with E-state index in [9.17, 15) is 0 Å². The van der Waals surface area contributed by atoms with Crippen molar-refractivity contribution in [1.29, 1.82) is 0 Å². The Bertz CT molecular complexity index is 583. The molecule has 0 spiro atoms. The fourth-order valence-electron chi connectivity index (χ4n) is 1.67. The van der Waals surface area contributed by atoms with E-state index >= 15 is 0 Å². The minimum atomic E-state index is -0.293. The van der Waals surface area contributed by atoms with Crippen LogP contribution >= 0.6 is 11.3 Å². The molecule has 20 heavy (non-hydrogen) atoms. The average molecular weight is 289 g/mol. The van der Waals surface area contributed by atoms with E-state index in [2.05, 4.69) is 16.6 Å². The Morgan fingerprint density at radius 1 is 1.20 bits per heavy atom. The Morgan fingerprint density at radius 3 is 2.60 bits per heavy atom. The van der Waals surface area contributed by atoms with Crippen LogP contribution in [0.4, 0.5) is 0 Å². The molecule has 0 saturated carbocycles. The number of ether oxygens (including phenoxy) is 1. The summed E-state index contributed by atoms with van der Waals surface area (Å²) in [4.78, 5) is 6.61. The Morgan fingerprint density at radius 2 is 2.00 bits per heavy atom. The predicted octanol–water partition coefficient (Wildman–Crippen LogP) is 4.57. The van der Waals surface area contributed by atoms with Gasteiger partial charge in [0.1, 0.15) is 11.4 Å². The number of thiophene rings is 1. The van der Waals surface area contributed by atoms with Gasteiger partial charge in [-0.1, -0.05) is 11.2 Å². The van der Waals surface area contributed by atoms with Gasteiger partial charge in [0.15, 0.2) is 0 Å². The van der Waals surface area contributed by atoms with Crippen LogP contribution in [0.15, 0.2) is 40.9 Å². The lowest BCUT2D eigenvalue weighted by Crippen LogP contribution is -2.15. The average Bonchev–Trinajstić information content (AvgIpc) is 2.91. The smallest absolute Gasteiger partial charge is 0.129 e. The first-order valence-electron chi connectivity index (χ1n) is 6.43. The number of methoxy groups -OCH3 is 1. The van der Waals surface area contributed by atoms with Crippen LogP contribution in [0.3, 0.4) is 0 Å². The van der Waals surface area contributed by atoms with Gasteiger partial charge in [0.2, 0.25) is 0 Å². The van der Waals surface area contributed by atoms with Gasteiger partial charge < -0.3 is 9.57 Å². The molecule has 0 saturated heterocycles. The van der Waals surface area contributed by atoms with Crippen molar-refractivity contribution >= 4 is 17.6 Å². The summed E-state index contributed by atoms with van der Waals surface area (Å²) >= 11 is 1.70. The minimum Gasteiger partial charge on any atom is -0.497 e. The zero-order chi connectivity index (χ0) is 14.6. The summed E-state index contributed by atoms with van der Waals surface area (Å²) in [5.74, 6) is 0.808. The van der Waals surface area contributed by atoms with E-state index in [0.29, 0.717) is 0 Å². The quantitative estimate of drug-likeness (QED) is 0.609. The molecule has 2 rings (SSSR count). The van der Waals surface area contributed by atoms with Gasteiger partial charge in [0.25, 0.3) is 0 Å². The number of oxime groups is 1. The lowest BCUT2D eigenvalue weighted by Gasteiger charge is -2.15. The molecule has 0 aliphatic carbocycles. The second-order valence-electron chi connectivity index (χ2n) is 5.37. The molecule has 0 fully saturated rings. The molecular weight excluding hydrogens is 270 g/mol. The maximum Gasteiger partial charge on any atom is 0.129 e. The largest absolute Gasteiger partial charge is 0.497 e. The van der Waals surface area contributed by atoms with Crippen molar-refractivity contribution in [3.8, 4) is 16.2 Å². The second-order valence-corrected chi connectivity index (χ2v) is 6.32. The second kappa shape index (κ2) is 6.09. The molecule has 0 aliphatic rings. The minimum absolute atomic E-state index is 0.293. The van der Waals surface area contributed by atoms with Crippen molar-refractivity contribution < 1.29 is 9.57 Å². The summed E-state index contributed by atoms with van der Waals surface area (Å²) in [6.07, 6.45) is 1.74. The number of nitrogens with zero attached hydrogens (tertiary/aromatic N) is 1. The topological polar surface area (TPSA) is 30.8 Å². The van der Waals surface area contributed by atoms with Gasteiger partial charge in [-0.2, -0.15) is 0 Å². The molecule has 0 aliphatic heterocycles. The fourth-order valence-corrected chi connectivity index (χ4v) is 2.45. The first-order valence-corrected chi connectivity index (χ1v) is 7.31. The lowest BCUT2D eigenvalue weighted by atomic mass is 10.1. The highest BCUT2D eigenvalue weighted by molar-refractivity contribution is 7.13. The molecule has 0 radical (unpaired) electrons. The van der Waals surface area contributed by atoms with E-state index in [1.54, 1.807) is 24.7 Å². The molecule has 4 heteroatoms. The Labute approximate surface area is 123 Å². The molecule has 1 aromatic carbocycles. The summed E-state index contributed by atoms with van der Waals surface area (Å²) in [5.41, 5.74) is 1.82. The van der Waals surface area contributed by atoms with Crippen LogP contribution in [-0.2, 0) is 4.84 Å². The van der Waals surface area contributed by atoms with Crippen LogP contribution in [0.5, 0.6) is 5.75 Å². The normalized spacial score (nSPS) is 11.8.